The predicted molar refractivity (Wildman–Crippen MR) is 123 cm³/mol. The van der Waals surface area contributed by atoms with Gasteiger partial charge in [-0.25, -0.2) is 4.98 Å². The molecule has 2 heterocycles. The van der Waals surface area contributed by atoms with Gasteiger partial charge in [0.15, 0.2) is 0 Å². The van der Waals surface area contributed by atoms with Gasteiger partial charge < -0.3 is 9.47 Å². The molecule has 30 heavy (non-hydrogen) atoms. The molecule has 0 fully saturated rings. The Labute approximate surface area is 182 Å². The first kappa shape index (κ1) is 20.9. The summed E-state index contributed by atoms with van der Waals surface area (Å²) >= 11 is 1.87. The van der Waals surface area contributed by atoms with Crippen molar-refractivity contribution in [3.63, 3.8) is 0 Å². The molecule has 0 aliphatic heterocycles. The molecule has 158 valence electrons. The molecule has 0 unspecified atom stereocenters. The van der Waals surface area contributed by atoms with Crippen molar-refractivity contribution in [3.05, 3.63) is 46.0 Å². The van der Waals surface area contributed by atoms with Crippen molar-refractivity contribution in [1.29, 1.82) is 0 Å². The number of rotatable bonds is 7. The number of ether oxygens (including phenoxy) is 2. The number of unbranched alkanes of at least 4 members (excludes halogenated alkanes) is 1. The summed E-state index contributed by atoms with van der Waals surface area (Å²) in [5.41, 5.74) is 6.40. The number of aromatic nitrogens is 1. The second-order valence-electron chi connectivity index (χ2n) is 7.96. The minimum Gasteiger partial charge on any atom is -0.497 e. The molecule has 3 aromatic rings. The van der Waals surface area contributed by atoms with Crippen LogP contribution in [0.5, 0.6) is 5.75 Å². The van der Waals surface area contributed by atoms with E-state index in [0.29, 0.717) is 6.42 Å². The van der Waals surface area contributed by atoms with Crippen molar-refractivity contribution in [2.24, 2.45) is 0 Å². The van der Waals surface area contributed by atoms with Gasteiger partial charge in [0.25, 0.3) is 0 Å². The lowest BCUT2D eigenvalue weighted by atomic mass is 9.88. The van der Waals surface area contributed by atoms with Gasteiger partial charge in [0, 0.05) is 22.4 Å². The Morgan fingerprint density at radius 1 is 1.17 bits per heavy atom. The molecular weight excluding hydrogens is 394 g/mol. The van der Waals surface area contributed by atoms with Crippen LogP contribution in [0.2, 0.25) is 0 Å². The number of benzene rings is 1. The largest absolute Gasteiger partial charge is 0.497 e. The third kappa shape index (κ3) is 4.08. The Bertz CT molecular complexity index is 1070. The lowest BCUT2D eigenvalue weighted by molar-refractivity contribution is -0.140. The summed E-state index contributed by atoms with van der Waals surface area (Å²) in [5.74, 6) is 0.732. The SMILES string of the molecule is COC(=O)CCCCc1c(C)nc2sc3c(c2c1-c1cccc(OC)c1)CCCC3. The molecule has 5 heteroatoms. The predicted octanol–water partition coefficient (Wildman–Crippen LogP) is 6.04. The molecular formula is C25H29NO3S. The number of thiophene rings is 1. The van der Waals surface area contributed by atoms with E-state index in [1.165, 1.54) is 58.9 Å². The van der Waals surface area contributed by atoms with Crippen molar-refractivity contribution in [3.8, 4) is 16.9 Å². The van der Waals surface area contributed by atoms with Gasteiger partial charge in [-0.15, -0.1) is 11.3 Å². The number of aryl methyl sites for hydroxylation is 3. The fourth-order valence-corrected chi connectivity index (χ4v) is 5.83. The highest BCUT2D eigenvalue weighted by molar-refractivity contribution is 7.19. The van der Waals surface area contributed by atoms with Crippen molar-refractivity contribution < 1.29 is 14.3 Å². The zero-order chi connectivity index (χ0) is 21.1. The third-order valence-corrected chi connectivity index (χ3v) is 7.24. The number of carbonyl (C=O) groups excluding carboxylic acids is 1. The second kappa shape index (κ2) is 9.17. The maximum absolute atomic E-state index is 11.5. The number of fused-ring (bicyclic) bond motifs is 3. The maximum Gasteiger partial charge on any atom is 0.305 e. The van der Waals surface area contributed by atoms with E-state index in [0.717, 1.165) is 42.0 Å². The van der Waals surface area contributed by atoms with E-state index in [9.17, 15) is 4.79 Å². The normalized spacial score (nSPS) is 13.3. The highest BCUT2D eigenvalue weighted by Crippen LogP contribution is 2.43. The highest BCUT2D eigenvalue weighted by atomic mass is 32.1. The number of pyridine rings is 1. The number of nitrogens with zero attached hydrogens (tertiary/aromatic N) is 1. The van der Waals surface area contributed by atoms with Gasteiger partial charge in [-0.3, -0.25) is 4.79 Å². The maximum atomic E-state index is 11.5. The minimum absolute atomic E-state index is 0.139. The van der Waals surface area contributed by atoms with Gasteiger partial charge in [-0.2, -0.15) is 0 Å². The van der Waals surface area contributed by atoms with E-state index in [2.05, 4.69) is 25.1 Å². The van der Waals surface area contributed by atoms with Gasteiger partial charge in [-0.05, 0) is 86.3 Å². The van der Waals surface area contributed by atoms with Gasteiger partial charge in [0.05, 0.1) is 14.2 Å². The van der Waals surface area contributed by atoms with Crippen molar-refractivity contribution in [2.45, 2.75) is 58.3 Å². The summed E-state index contributed by atoms with van der Waals surface area (Å²) in [6, 6.07) is 8.38. The van der Waals surface area contributed by atoms with Gasteiger partial charge in [-0.1, -0.05) is 12.1 Å². The molecule has 0 amide bonds. The smallest absolute Gasteiger partial charge is 0.305 e. The molecule has 1 aliphatic carbocycles. The lowest BCUT2D eigenvalue weighted by Gasteiger charge is -2.17. The number of hydrogen-bond donors (Lipinski definition) is 0. The first-order chi connectivity index (χ1) is 14.6. The highest BCUT2D eigenvalue weighted by Gasteiger charge is 2.23. The quantitative estimate of drug-likeness (QED) is 0.343. The molecule has 2 aromatic heterocycles. The van der Waals surface area contributed by atoms with Crippen LogP contribution in [-0.2, 0) is 28.8 Å². The Balaban J connectivity index is 1.82. The zero-order valence-corrected chi connectivity index (χ0v) is 18.9. The molecule has 0 saturated carbocycles. The molecule has 0 saturated heterocycles. The number of methoxy groups -OCH3 is 2. The Morgan fingerprint density at radius 3 is 2.80 bits per heavy atom. The van der Waals surface area contributed by atoms with E-state index >= 15 is 0 Å². The van der Waals surface area contributed by atoms with E-state index in [4.69, 9.17) is 14.5 Å². The van der Waals surface area contributed by atoms with Crippen LogP contribution in [0.4, 0.5) is 0 Å². The average Bonchev–Trinajstić information content (AvgIpc) is 3.14. The molecule has 0 bridgehead atoms. The summed E-state index contributed by atoms with van der Waals surface area (Å²) in [6.45, 7) is 2.12. The first-order valence-electron chi connectivity index (χ1n) is 10.8. The zero-order valence-electron chi connectivity index (χ0n) is 18.0. The van der Waals surface area contributed by atoms with Gasteiger partial charge >= 0.3 is 5.97 Å². The molecule has 4 nitrogen and oxygen atoms in total. The van der Waals surface area contributed by atoms with Crippen molar-refractivity contribution in [2.75, 3.05) is 14.2 Å². The van der Waals surface area contributed by atoms with Crippen LogP contribution in [0.1, 0.15) is 53.8 Å². The van der Waals surface area contributed by atoms with Crippen molar-refractivity contribution in [1.82, 2.24) is 4.98 Å². The van der Waals surface area contributed by atoms with Crippen LogP contribution in [-0.4, -0.2) is 25.2 Å². The average molecular weight is 424 g/mol. The first-order valence-corrected chi connectivity index (χ1v) is 11.6. The van der Waals surface area contributed by atoms with Crippen LogP contribution >= 0.6 is 11.3 Å². The Hall–Kier alpha value is -2.40. The van der Waals surface area contributed by atoms with Crippen LogP contribution in [0.15, 0.2) is 24.3 Å². The van der Waals surface area contributed by atoms with E-state index in [1.807, 2.05) is 17.4 Å². The molecule has 0 atom stereocenters. The van der Waals surface area contributed by atoms with Crippen molar-refractivity contribution >= 4 is 27.5 Å². The molecule has 0 radical (unpaired) electrons. The summed E-state index contributed by atoms with van der Waals surface area (Å²) in [5, 5.41) is 1.34. The Morgan fingerprint density at radius 2 is 2.00 bits per heavy atom. The van der Waals surface area contributed by atoms with Crippen LogP contribution in [0, 0.1) is 6.92 Å². The number of esters is 1. The molecule has 0 N–H and O–H groups in total. The van der Waals surface area contributed by atoms with E-state index in [1.54, 1.807) is 7.11 Å². The molecule has 4 rings (SSSR count). The fourth-order valence-electron chi connectivity index (χ4n) is 4.52. The molecule has 1 aromatic carbocycles. The fraction of sp³-hybridized carbons (Fsp3) is 0.440. The minimum atomic E-state index is -0.139. The van der Waals surface area contributed by atoms with Crippen LogP contribution in [0.25, 0.3) is 21.3 Å². The number of hydrogen-bond acceptors (Lipinski definition) is 5. The topological polar surface area (TPSA) is 48.4 Å². The number of carbonyl (C=O) groups is 1. The van der Waals surface area contributed by atoms with Gasteiger partial charge in [0.1, 0.15) is 10.6 Å². The summed E-state index contributed by atoms with van der Waals surface area (Å²) in [6.07, 6.45) is 7.96. The van der Waals surface area contributed by atoms with E-state index < -0.39 is 0 Å². The molecule has 1 aliphatic rings. The van der Waals surface area contributed by atoms with E-state index in [-0.39, 0.29) is 5.97 Å². The Kier molecular flexibility index (Phi) is 6.38. The summed E-state index contributed by atoms with van der Waals surface area (Å²) in [7, 11) is 3.16. The van der Waals surface area contributed by atoms with Crippen LogP contribution in [0.3, 0.4) is 0 Å². The standard InChI is InChI=1S/C25H29NO3S/c1-16-19(11-5-7-14-22(27)29-3)23(17-9-8-10-18(15-17)28-2)24-20-12-4-6-13-21(20)30-25(24)26-16/h8-10,15H,4-7,11-14H2,1-3H3. The third-order valence-electron chi connectivity index (χ3n) is 6.05. The van der Waals surface area contributed by atoms with Gasteiger partial charge in [0.2, 0.25) is 0 Å². The lowest BCUT2D eigenvalue weighted by Crippen LogP contribution is -2.03. The second-order valence-corrected chi connectivity index (χ2v) is 9.04. The van der Waals surface area contributed by atoms with Crippen LogP contribution < -0.4 is 4.74 Å². The summed E-state index contributed by atoms with van der Waals surface area (Å²) < 4.78 is 10.3. The monoisotopic (exact) mass is 423 g/mol. The summed E-state index contributed by atoms with van der Waals surface area (Å²) in [4.78, 5) is 19.2. The molecule has 0 spiro atoms.